The topological polar surface area (TPSA) is 50.4 Å². The number of nitrogens with one attached hydrogen (secondary N) is 2. The van der Waals surface area contributed by atoms with E-state index in [1.165, 1.54) is 0 Å². The second kappa shape index (κ2) is 5.06. The maximum Gasteiger partial charge on any atom is 0.220 e. The van der Waals surface area contributed by atoms with E-state index in [1.54, 1.807) is 6.92 Å². The summed E-state index contributed by atoms with van der Waals surface area (Å²) in [7, 11) is 0. The van der Waals surface area contributed by atoms with Crippen LogP contribution in [0.5, 0.6) is 5.75 Å². The monoisotopic (exact) mass is 324 g/mol. The van der Waals surface area contributed by atoms with Crippen LogP contribution in [0.2, 0.25) is 0 Å². The van der Waals surface area contributed by atoms with Crippen molar-refractivity contribution in [3.05, 3.63) is 65.7 Å². The Balaban J connectivity index is 1.98. The Labute approximate surface area is 139 Å². The number of fused-ring (bicyclic) bond motifs is 4. The summed E-state index contributed by atoms with van der Waals surface area (Å²) >= 11 is 5.39. The lowest BCUT2D eigenvalue weighted by Crippen LogP contribution is -2.68. The van der Waals surface area contributed by atoms with Crippen molar-refractivity contribution in [3.8, 4) is 5.75 Å². The van der Waals surface area contributed by atoms with Crippen LogP contribution in [-0.2, 0) is 10.5 Å². The molecule has 5 heteroatoms. The molecule has 0 radical (unpaired) electrons. The van der Waals surface area contributed by atoms with Crippen molar-refractivity contribution < 1.29 is 9.53 Å². The first-order chi connectivity index (χ1) is 11.1. The molecule has 0 aliphatic carbocycles. The molecule has 2 aliphatic heterocycles. The lowest BCUT2D eigenvalue weighted by Gasteiger charge is -2.52. The van der Waals surface area contributed by atoms with E-state index in [0.29, 0.717) is 5.11 Å². The molecule has 0 spiro atoms. The second-order valence-corrected chi connectivity index (χ2v) is 6.31. The average Bonchev–Trinajstić information content (AvgIpc) is 2.54. The van der Waals surface area contributed by atoms with Gasteiger partial charge in [0.1, 0.15) is 17.5 Å². The molecule has 4 nitrogen and oxygen atoms in total. The molecular weight excluding hydrogens is 308 g/mol. The molecule has 2 bridgehead atoms. The summed E-state index contributed by atoms with van der Waals surface area (Å²) in [6.07, 6.45) is 0. The van der Waals surface area contributed by atoms with Crippen molar-refractivity contribution in [2.75, 3.05) is 0 Å². The summed E-state index contributed by atoms with van der Waals surface area (Å²) in [5, 5.41) is 6.97. The van der Waals surface area contributed by atoms with Crippen LogP contribution in [-0.4, -0.2) is 10.9 Å². The van der Waals surface area contributed by atoms with Gasteiger partial charge in [0.25, 0.3) is 0 Å². The van der Waals surface area contributed by atoms with Gasteiger partial charge in [0, 0.05) is 11.1 Å². The number of carbonyl (C=O) groups excluding carboxylic acids is 1. The first kappa shape index (κ1) is 14.2. The number of ketones is 1. The third-order valence-electron chi connectivity index (χ3n) is 4.52. The standard InChI is InChI=1S/C18H16N2O2S/c1-11(21)15-16-13-9-5-6-10-14(13)22-18(15,20-17(23)19-16)12-7-3-2-4-8-12/h2-10,15-16H,1H3,(H2,19,20,23)/t15-,16+,18-/m0/s1. The zero-order valence-corrected chi connectivity index (χ0v) is 13.4. The van der Waals surface area contributed by atoms with E-state index in [4.69, 9.17) is 17.0 Å². The van der Waals surface area contributed by atoms with Crippen LogP contribution in [0.3, 0.4) is 0 Å². The van der Waals surface area contributed by atoms with Gasteiger partial charge in [-0.25, -0.2) is 0 Å². The highest BCUT2D eigenvalue weighted by Crippen LogP contribution is 2.49. The number of carbonyl (C=O) groups is 1. The largest absolute Gasteiger partial charge is 0.463 e. The van der Waals surface area contributed by atoms with Gasteiger partial charge < -0.3 is 15.4 Å². The van der Waals surface area contributed by atoms with Gasteiger partial charge in [0.2, 0.25) is 5.72 Å². The number of hydrogen-bond donors (Lipinski definition) is 2. The van der Waals surface area contributed by atoms with Crippen molar-refractivity contribution in [3.63, 3.8) is 0 Å². The van der Waals surface area contributed by atoms with Crippen LogP contribution in [0.4, 0.5) is 0 Å². The molecule has 1 saturated heterocycles. The smallest absolute Gasteiger partial charge is 0.220 e. The van der Waals surface area contributed by atoms with Crippen molar-refractivity contribution in [1.82, 2.24) is 10.6 Å². The lowest BCUT2D eigenvalue weighted by molar-refractivity contribution is -0.136. The fourth-order valence-electron chi connectivity index (χ4n) is 3.61. The zero-order valence-electron chi connectivity index (χ0n) is 12.6. The van der Waals surface area contributed by atoms with E-state index >= 15 is 0 Å². The zero-order chi connectivity index (χ0) is 16.0. The molecule has 23 heavy (non-hydrogen) atoms. The number of benzene rings is 2. The summed E-state index contributed by atoms with van der Waals surface area (Å²) < 4.78 is 6.36. The van der Waals surface area contributed by atoms with E-state index < -0.39 is 11.6 Å². The minimum Gasteiger partial charge on any atom is -0.463 e. The highest BCUT2D eigenvalue weighted by Gasteiger charge is 2.57. The maximum absolute atomic E-state index is 12.5. The number of thiocarbonyl (C=S) groups is 1. The van der Waals surface area contributed by atoms with E-state index in [-0.39, 0.29) is 11.8 Å². The SMILES string of the molecule is CC(=O)[C@H]1[C@@H]2NC(=S)N[C@@]1(c1ccccc1)Oc1ccccc12. The van der Waals surface area contributed by atoms with Gasteiger partial charge in [0.15, 0.2) is 5.11 Å². The molecule has 2 heterocycles. The van der Waals surface area contributed by atoms with Gasteiger partial charge in [-0.05, 0) is 25.2 Å². The number of hydrogen-bond acceptors (Lipinski definition) is 3. The maximum atomic E-state index is 12.5. The van der Waals surface area contributed by atoms with Crippen LogP contribution in [0.1, 0.15) is 24.1 Å². The Bertz CT molecular complexity index is 793. The number of rotatable bonds is 2. The molecule has 0 unspecified atom stereocenters. The van der Waals surface area contributed by atoms with Crippen LogP contribution in [0.15, 0.2) is 54.6 Å². The number of para-hydroxylation sites is 1. The number of ether oxygens (including phenoxy) is 1. The first-order valence-corrected chi connectivity index (χ1v) is 7.95. The summed E-state index contributed by atoms with van der Waals surface area (Å²) in [4.78, 5) is 12.5. The fraction of sp³-hybridized carbons (Fsp3) is 0.222. The molecule has 2 aromatic carbocycles. The third kappa shape index (κ3) is 2.04. The van der Waals surface area contributed by atoms with Gasteiger partial charge in [0.05, 0.1) is 6.04 Å². The molecule has 2 aliphatic rings. The van der Waals surface area contributed by atoms with Crippen molar-refractivity contribution in [2.24, 2.45) is 5.92 Å². The van der Waals surface area contributed by atoms with E-state index in [9.17, 15) is 4.79 Å². The van der Waals surface area contributed by atoms with Crippen LogP contribution in [0, 0.1) is 5.92 Å². The Hall–Kier alpha value is -2.40. The highest BCUT2D eigenvalue weighted by atomic mass is 32.1. The summed E-state index contributed by atoms with van der Waals surface area (Å²) in [5.41, 5.74) is 0.876. The highest BCUT2D eigenvalue weighted by molar-refractivity contribution is 7.80. The molecule has 3 atom stereocenters. The Morgan fingerprint density at radius 2 is 1.83 bits per heavy atom. The van der Waals surface area contributed by atoms with Crippen molar-refractivity contribution in [2.45, 2.75) is 18.7 Å². The summed E-state index contributed by atoms with van der Waals surface area (Å²) in [6.45, 7) is 1.60. The molecule has 0 saturated carbocycles. The minimum atomic E-state index is -0.978. The Morgan fingerprint density at radius 3 is 2.57 bits per heavy atom. The van der Waals surface area contributed by atoms with Crippen LogP contribution < -0.4 is 15.4 Å². The van der Waals surface area contributed by atoms with Gasteiger partial charge in [-0.2, -0.15) is 0 Å². The minimum absolute atomic E-state index is 0.0517. The molecule has 4 rings (SSSR count). The van der Waals surface area contributed by atoms with Gasteiger partial charge in [-0.3, -0.25) is 4.79 Å². The molecule has 0 amide bonds. The van der Waals surface area contributed by atoms with Crippen molar-refractivity contribution in [1.29, 1.82) is 0 Å². The third-order valence-corrected chi connectivity index (χ3v) is 4.74. The summed E-state index contributed by atoms with van der Waals surface area (Å²) in [6, 6.07) is 17.3. The summed E-state index contributed by atoms with van der Waals surface area (Å²) in [5.74, 6) is 0.406. The predicted molar refractivity (Wildman–Crippen MR) is 91.0 cm³/mol. The van der Waals surface area contributed by atoms with Gasteiger partial charge in [-0.15, -0.1) is 0 Å². The van der Waals surface area contributed by atoms with Crippen molar-refractivity contribution >= 4 is 23.1 Å². The molecule has 116 valence electrons. The van der Waals surface area contributed by atoms with Gasteiger partial charge in [-0.1, -0.05) is 48.5 Å². The fourth-order valence-corrected chi connectivity index (χ4v) is 3.89. The lowest BCUT2D eigenvalue weighted by atomic mass is 9.74. The van der Waals surface area contributed by atoms with Crippen LogP contribution in [0.25, 0.3) is 0 Å². The normalized spacial score (nSPS) is 28.0. The average molecular weight is 324 g/mol. The van der Waals surface area contributed by atoms with E-state index in [0.717, 1.165) is 16.9 Å². The molecule has 2 N–H and O–H groups in total. The Kier molecular flexibility index (Phi) is 3.13. The molecule has 1 fully saturated rings. The second-order valence-electron chi connectivity index (χ2n) is 5.91. The van der Waals surface area contributed by atoms with Crippen LogP contribution >= 0.6 is 12.2 Å². The quantitative estimate of drug-likeness (QED) is 0.832. The Morgan fingerprint density at radius 1 is 1.13 bits per heavy atom. The van der Waals surface area contributed by atoms with E-state index in [2.05, 4.69) is 10.6 Å². The number of Topliss-reactive ketones (excluding diaryl/α,β-unsaturated/α-hetero) is 1. The predicted octanol–water partition coefficient (Wildman–Crippen LogP) is 2.66. The molecule has 0 aromatic heterocycles. The molecular formula is C18H16N2O2S. The molecule has 2 aromatic rings. The van der Waals surface area contributed by atoms with Gasteiger partial charge >= 0.3 is 0 Å². The van der Waals surface area contributed by atoms with E-state index in [1.807, 2.05) is 54.6 Å². The first-order valence-electron chi connectivity index (χ1n) is 7.54.